The molecule has 1 heterocycles. The highest BCUT2D eigenvalue weighted by atomic mass is 32.2. The molecule has 0 fully saturated rings. The topological polar surface area (TPSA) is 57.6 Å². The Kier molecular flexibility index (Phi) is 4.79. The number of hydrogen-bond donors (Lipinski definition) is 1. The molecule has 23 heavy (non-hydrogen) atoms. The number of aliphatic hydroxyl groups is 1. The van der Waals surface area contributed by atoms with Crippen molar-refractivity contribution in [3.63, 3.8) is 0 Å². The average molecular weight is 327 g/mol. The quantitative estimate of drug-likeness (QED) is 0.503. The number of rotatable bonds is 6. The summed E-state index contributed by atoms with van der Waals surface area (Å²) in [7, 11) is 0. The van der Waals surface area contributed by atoms with Crippen LogP contribution in [0.1, 0.15) is 20.7 Å². The predicted octanol–water partition coefficient (Wildman–Crippen LogP) is 2.72. The van der Waals surface area contributed by atoms with Crippen LogP contribution in [0.25, 0.3) is 10.8 Å². The molecule has 0 saturated heterocycles. The highest BCUT2D eigenvalue weighted by Crippen LogP contribution is 2.29. The van der Waals surface area contributed by atoms with Gasteiger partial charge in [0.2, 0.25) is 0 Å². The van der Waals surface area contributed by atoms with Crippen molar-refractivity contribution in [3.05, 3.63) is 59.7 Å². The number of hydrogen-bond acceptors (Lipinski definition) is 4. The summed E-state index contributed by atoms with van der Waals surface area (Å²) >= 11 is 1.62. The van der Waals surface area contributed by atoms with Crippen LogP contribution in [0, 0.1) is 0 Å². The first-order valence-corrected chi connectivity index (χ1v) is 8.61. The minimum Gasteiger partial charge on any atom is -0.392 e. The maximum absolute atomic E-state index is 12.6. The minimum absolute atomic E-state index is 0.0322. The van der Waals surface area contributed by atoms with E-state index in [1.807, 2.05) is 30.3 Å². The van der Waals surface area contributed by atoms with E-state index in [-0.39, 0.29) is 18.4 Å². The SMILES string of the molecule is O=C1c2cccc3cccc(c23)C(=O)N1CCSC/C=C/CO. The number of imide groups is 1. The summed E-state index contributed by atoms with van der Waals surface area (Å²) in [6.07, 6.45) is 3.56. The van der Waals surface area contributed by atoms with Crippen LogP contribution in [-0.4, -0.2) is 46.5 Å². The van der Waals surface area contributed by atoms with Crippen molar-refractivity contribution in [1.29, 1.82) is 0 Å². The van der Waals surface area contributed by atoms with Crippen molar-refractivity contribution in [2.75, 3.05) is 24.7 Å². The first kappa shape index (κ1) is 15.8. The Morgan fingerprint density at radius 2 is 1.65 bits per heavy atom. The second-order valence-corrected chi connectivity index (χ2v) is 6.35. The summed E-state index contributed by atoms with van der Waals surface area (Å²) in [5, 5.41) is 10.4. The van der Waals surface area contributed by atoms with Gasteiger partial charge in [-0.25, -0.2) is 0 Å². The second kappa shape index (κ2) is 6.98. The molecule has 2 aromatic carbocycles. The van der Waals surface area contributed by atoms with Crippen LogP contribution in [0.3, 0.4) is 0 Å². The van der Waals surface area contributed by atoms with Crippen LogP contribution < -0.4 is 0 Å². The summed E-state index contributed by atoms with van der Waals surface area (Å²) in [5.41, 5.74) is 1.20. The zero-order valence-electron chi connectivity index (χ0n) is 12.6. The van der Waals surface area contributed by atoms with Gasteiger partial charge in [0.05, 0.1) is 6.61 Å². The van der Waals surface area contributed by atoms with Gasteiger partial charge in [-0.05, 0) is 17.5 Å². The van der Waals surface area contributed by atoms with E-state index in [1.165, 1.54) is 4.90 Å². The van der Waals surface area contributed by atoms with Crippen molar-refractivity contribution in [1.82, 2.24) is 4.90 Å². The lowest BCUT2D eigenvalue weighted by atomic mass is 9.94. The Bertz CT molecular complexity index is 734. The number of thioether (sulfide) groups is 1. The number of carbonyl (C=O) groups is 2. The summed E-state index contributed by atoms with van der Waals surface area (Å²) < 4.78 is 0. The summed E-state index contributed by atoms with van der Waals surface area (Å²) in [4.78, 5) is 26.6. The number of amides is 2. The van der Waals surface area contributed by atoms with Crippen molar-refractivity contribution in [2.24, 2.45) is 0 Å². The fourth-order valence-electron chi connectivity index (χ4n) is 2.73. The fourth-order valence-corrected chi connectivity index (χ4v) is 3.48. The van der Waals surface area contributed by atoms with Crippen LogP contribution in [0.4, 0.5) is 0 Å². The van der Waals surface area contributed by atoms with Gasteiger partial charge in [0.1, 0.15) is 0 Å². The van der Waals surface area contributed by atoms with Crippen molar-refractivity contribution >= 4 is 34.3 Å². The van der Waals surface area contributed by atoms with E-state index < -0.39 is 0 Å². The van der Waals surface area contributed by atoms with Gasteiger partial charge in [0.15, 0.2) is 0 Å². The molecular formula is C18H17NO3S. The maximum atomic E-state index is 12.6. The Hall–Kier alpha value is -2.11. The van der Waals surface area contributed by atoms with E-state index in [0.717, 1.165) is 16.5 Å². The molecule has 0 bridgehead atoms. The van der Waals surface area contributed by atoms with Gasteiger partial charge in [-0.1, -0.05) is 36.4 Å². The molecule has 0 unspecified atom stereocenters. The molecule has 0 saturated carbocycles. The predicted molar refractivity (Wildman–Crippen MR) is 92.9 cm³/mol. The molecule has 118 valence electrons. The largest absolute Gasteiger partial charge is 0.392 e. The molecule has 0 aliphatic carbocycles. The molecule has 0 atom stereocenters. The summed E-state index contributed by atoms with van der Waals surface area (Å²) in [5.74, 6) is 0.991. The lowest BCUT2D eigenvalue weighted by molar-refractivity contribution is 0.0621. The van der Waals surface area contributed by atoms with Crippen LogP contribution in [0.5, 0.6) is 0 Å². The van der Waals surface area contributed by atoms with E-state index in [9.17, 15) is 9.59 Å². The highest BCUT2D eigenvalue weighted by Gasteiger charge is 2.31. The molecule has 4 nitrogen and oxygen atoms in total. The second-order valence-electron chi connectivity index (χ2n) is 5.20. The third-order valence-electron chi connectivity index (χ3n) is 3.80. The van der Waals surface area contributed by atoms with Gasteiger partial charge in [-0.15, -0.1) is 0 Å². The lowest BCUT2D eigenvalue weighted by Gasteiger charge is -2.27. The molecule has 1 aliphatic heterocycles. The Morgan fingerprint density at radius 3 is 2.26 bits per heavy atom. The summed E-state index contributed by atoms with van der Waals surface area (Å²) in [6, 6.07) is 11.1. The number of benzene rings is 2. The van der Waals surface area contributed by atoms with Crippen molar-refractivity contribution < 1.29 is 14.7 Å². The van der Waals surface area contributed by atoms with E-state index >= 15 is 0 Å². The van der Waals surface area contributed by atoms with Gasteiger partial charge in [0, 0.05) is 34.6 Å². The molecule has 2 aromatic rings. The standard InChI is InChI=1S/C18H17NO3S/c20-10-1-2-11-23-12-9-19-17(21)14-7-3-5-13-6-4-8-15(16(13)14)18(19)22/h1-8,20H,9-12H2/b2-1+. The Balaban J connectivity index is 1.79. The van der Waals surface area contributed by atoms with Gasteiger partial charge in [0.25, 0.3) is 11.8 Å². The van der Waals surface area contributed by atoms with Crippen LogP contribution in [0.2, 0.25) is 0 Å². The van der Waals surface area contributed by atoms with Crippen molar-refractivity contribution in [3.8, 4) is 0 Å². The van der Waals surface area contributed by atoms with E-state index in [1.54, 1.807) is 30.0 Å². The van der Waals surface area contributed by atoms with Gasteiger partial charge < -0.3 is 5.11 Å². The zero-order valence-corrected chi connectivity index (χ0v) is 13.4. The molecule has 1 aliphatic rings. The smallest absolute Gasteiger partial charge is 0.261 e. The highest BCUT2D eigenvalue weighted by molar-refractivity contribution is 7.99. The van der Waals surface area contributed by atoms with E-state index in [2.05, 4.69) is 0 Å². The molecule has 5 heteroatoms. The van der Waals surface area contributed by atoms with Crippen LogP contribution in [-0.2, 0) is 0 Å². The molecule has 0 spiro atoms. The van der Waals surface area contributed by atoms with E-state index in [0.29, 0.717) is 23.4 Å². The van der Waals surface area contributed by atoms with Crippen molar-refractivity contribution in [2.45, 2.75) is 0 Å². The van der Waals surface area contributed by atoms with Gasteiger partial charge >= 0.3 is 0 Å². The van der Waals surface area contributed by atoms with Gasteiger partial charge in [-0.2, -0.15) is 11.8 Å². The lowest BCUT2D eigenvalue weighted by Crippen LogP contribution is -2.41. The number of aliphatic hydroxyl groups excluding tert-OH is 1. The molecule has 3 rings (SSSR count). The average Bonchev–Trinajstić information content (AvgIpc) is 2.58. The normalized spacial score (nSPS) is 14.2. The van der Waals surface area contributed by atoms with Crippen LogP contribution >= 0.6 is 11.8 Å². The first-order chi connectivity index (χ1) is 11.2. The Labute approximate surface area is 138 Å². The molecule has 1 N–H and O–H groups in total. The first-order valence-electron chi connectivity index (χ1n) is 7.45. The molecular weight excluding hydrogens is 310 g/mol. The number of carbonyl (C=O) groups excluding carboxylic acids is 2. The van der Waals surface area contributed by atoms with Crippen LogP contribution in [0.15, 0.2) is 48.6 Å². The molecule has 0 radical (unpaired) electrons. The molecule has 2 amide bonds. The monoisotopic (exact) mass is 327 g/mol. The van der Waals surface area contributed by atoms with E-state index in [4.69, 9.17) is 5.11 Å². The number of nitrogens with zero attached hydrogens (tertiary/aromatic N) is 1. The third-order valence-corrected chi connectivity index (χ3v) is 4.70. The minimum atomic E-state index is -0.217. The summed E-state index contributed by atoms with van der Waals surface area (Å²) in [6.45, 7) is 0.421. The third kappa shape index (κ3) is 3.02. The van der Waals surface area contributed by atoms with Gasteiger partial charge in [-0.3, -0.25) is 14.5 Å². The zero-order chi connectivity index (χ0) is 16.2. The molecule has 0 aromatic heterocycles. The Morgan fingerprint density at radius 1 is 1.00 bits per heavy atom. The fraction of sp³-hybridized carbons (Fsp3) is 0.222. The maximum Gasteiger partial charge on any atom is 0.261 e.